The summed E-state index contributed by atoms with van der Waals surface area (Å²) in [6, 6.07) is 67.9. The van der Waals surface area contributed by atoms with Crippen LogP contribution in [0.25, 0.3) is 105 Å². The van der Waals surface area contributed by atoms with Crippen LogP contribution < -0.4 is 0 Å². The van der Waals surface area contributed by atoms with Crippen LogP contribution >= 0.6 is 0 Å². The Bertz CT molecular complexity index is 3230. The molecule has 0 saturated heterocycles. The van der Waals surface area contributed by atoms with Crippen LogP contribution in [0.15, 0.2) is 200 Å². The normalized spacial score (nSPS) is 11.6. The highest BCUT2D eigenvalue weighted by Crippen LogP contribution is 2.45. The van der Waals surface area contributed by atoms with Crippen LogP contribution in [0.2, 0.25) is 0 Å². The Morgan fingerprint density at radius 1 is 0.345 bits per heavy atom. The van der Waals surface area contributed by atoms with E-state index in [0.717, 1.165) is 39.0 Å². The van der Waals surface area contributed by atoms with Gasteiger partial charge < -0.3 is 4.57 Å². The van der Waals surface area contributed by atoms with Gasteiger partial charge in [-0.05, 0) is 97.5 Å². The van der Waals surface area contributed by atoms with Gasteiger partial charge >= 0.3 is 0 Å². The van der Waals surface area contributed by atoms with Gasteiger partial charge in [0.25, 0.3) is 0 Å². The molecule has 0 fully saturated rings. The van der Waals surface area contributed by atoms with Crippen LogP contribution in [0.5, 0.6) is 0 Å². The maximum atomic E-state index is 4.87. The molecule has 3 heterocycles. The van der Waals surface area contributed by atoms with Crippen LogP contribution in [0, 0.1) is 0 Å². The van der Waals surface area contributed by atoms with Crippen molar-refractivity contribution in [3.63, 3.8) is 0 Å². The molecule has 0 atom stereocenters. The summed E-state index contributed by atoms with van der Waals surface area (Å²) in [5, 5.41) is 9.67. The summed E-state index contributed by atoms with van der Waals surface area (Å²) in [5.41, 5.74) is 12.3. The minimum Gasteiger partial charge on any atom is -0.309 e. The second-order valence-electron chi connectivity index (χ2n) is 14.3. The summed E-state index contributed by atoms with van der Waals surface area (Å²) in [4.78, 5) is 9.51. The van der Waals surface area contributed by atoms with Crippen LogP contribution in [0.3, 0.4) is 0 Å². The lowest BCUT2D eigenvalue weighted by atomic mass is 9.94. The van der Waals surface area contributed by atoms with Crippen molar-refractivity contribution < 1.29 is 0 Å². The van der Waals surface area contributed by atoms with Gasteiger partial charge in [-0.25, -0.2) is 0 Å². The molecule has 0 N–H and O–H groups in total. The molecular weight excluding hydrogens is 667 g/mol. The SMILES string of the molecule is c1ccc(-c2c(-c3ccccc3)n(-c3ccc4ccccc4c3)c3cc4ccc5cc(-c6ccc(-c7cnc8ccccc8c7)nc6)ccc5c4cc23)cc1. The third-order valence-corrected chi connectivity index (χ3v) is 11.0. The summed E-state index contributed by atoms with van der Waals surface area (Å²) in [6.07, 6.45) is 3.88. The van der Waals surface area contributed by atoms with Crippen molar-refractivity contribution in [3.05, 3.63) is 200 Å². The van der Waals surface area contributed by atoms with Crippen LogP contribution in [-0.4, -0.2) is 14.5 Å². The second kappa shape index (κ2) is 12.6. The van der Waals surface area contributed by atoms with Crippen molar-refractivity contribution in [1.29, 1.82) is 0 Å². The molecule has 8 aromatic carbocycles. The number of nitrogens with zero attached hydrogens (tertiary/aromatic N) is 3. The number of pyridine rings is 2. The highest BCUT2D eigenvalue weighted by atomic mass is 15.0. The molecule has 256 valence electrons. The monoisotopic (exact) mass is 699 g/mol. The third-order valence-electron chi connectivity index (χ3n) is 11.0. The van der Waals surface area contributed by atoms with E-state index in [9.17, 15) is 0 Å². The molecular formula is C52H33N3. The zero-order chi connectivity index (χ0) is 36.3. The Balaban J connectivity index is 1.09. The summed E-state index contributed by atoms with van der Waals surface area (Å²) in [7, 11) is 0. The topological polar surface area (TPSA) is 30.7 Å². The summed E-state index contributed by atoms with van der Waals surface area (Å²) in [6.45, 7) is 0. The molecule has 0 aliphatic carbocycles. The first-order valence-corrected chi connectivity index (χ1v) is 18.7. The predicted molar refractivity (Wildman–Crippen MR) is 231 cm³/mol. The average molecular weight is 700 g/mol. The first-order valence-electron chi connectivity index (χ1n) is 18.7. The first-order chi connectivity index (χ1) is 27.2. The van der Waals surface area contributed by atoms with E-state index < -0.39 is 0 Å². The van der Waals surface area contributed by atoms with Gasteiger partial charge in [0.15, 0.2) is 0 Å². The molecule has 0 bridgehead atoms. The van der Waals surface area contributed by atoms with Gasteiger partial charge in [-0.15, -0.1) is 0 Å². The largest absolute Gasteiger partial charge is 0.309 e. The Hall–Kier alpha value is -7.36. The molecule has 0 unspecified atom stereocenters. The van der Waals surface area contributed by atoms with Gasteiger partial charge in [0.05, 0.1) is 22.4 Å². The lowest BCUT2D eigenvalue weighted by Crippen LogP contribution is -1.98. The quantitative estimate of drug-likeness (QED) is 0.167. The molecule has 3 aromatic heterocycles. The van der Waals surface area contributed by atoms with Crippen molar-refractivity contribution in [1.82, 2.24) is 14.5 Å². The maximum Gasteiger partial charge on any atom is 0.0718 e. The van der Waals surface area contributed by atoms with Gasteiger partial charge in [0.1, 0.15) is 0 Å². The Morgan fingerprint density at radius 2 is 1.00 bits per heavy atom. The average Bonchev–Trinajstić information content (AvgIpc) is 3.59. The molecule has 11 rings (SSSR count). The van der Waals surface area contributed by atoms with Crippen molar-refractivity contribution in [2.75, 3.05) is 0 Å². The van der Waals surface area contributed by atoms with Gasteiger partial charge in [0, 0.05) is 45.5 Å². The lowest BCUT2D eigenvalue weighted by molar-refractivity contribution is 1.14. The zero-order valence-electron chi connectivity index (χ0n) is 29.9. The van der Waals surface area contributed by atoms with Crippen molar-refractivity contribution in [3.8, 4) is 50.5 Å². The van der Waals surface area contributed by atoms with Crippen molar-refractivity contribution >= 4 is 54.1 Å². The van der Waals surface area contributed by atoms with Crippen molar-refractivity contribution in [2.45, 2.75) is 0 Å². The van der Waals surface area contributed by atoms with Crippen LogP contribution in [0.1, 0.15) is 0 Å². The fraction of sp³-hybridized carbons (Fsp3) is 0. The Labute approximate surface area is 318 Å². The van der Waals surface area contributed by atoms with E-state index in [1.54, 1.807) is 0 Å². The van der Waals surface area contributed by atoms with Gasteiger partial charge in [-0.3, -0.25) is 9.97 Å². The number of hydrogen-bond donors (Lipinski definition) is 0. The highest BCUT2D eigenvalue weighted by molar-refractivity contribution is 6.17. The lowest BCUT2D eigenvalue weighted by Gasteiger charge is -2.14. The van der Waals surface area contributed by atoms with Crippen LogP contribution in [-0.2, 0) is 0 Å². The minimum absolute atomic E-state index is 0.914. The molecule has 3 heteroatoms. The number of para-hydroxylation sites is 1. The predicted octanol–water partition coefficient (Wildman–Crippen LogP) is 13.7. The highest BCUT2D eigenvalue weighted by Gasteiger charge is 2.22. The van der Waals surface area contributed by atoms with Crippen molar-refractivity contribution in [2.24, 2.45) is 0 Å². The van der Waals surface area contributed by atoms with E-state index in [-0.39, 0.29) is 0 Å². The molecule has 3 nitrogen and oxygen atoms in total. The fourth-order valence-electron chi connectivity index (χ4n) is 8.32. The van der Waals surface area contributed by atoms with Gasteiger partial charge in [0.2, 0.25) is 0 Å². The van der Waals surface area contributed by atoms with E-state index in [0.29, 0.717) is 0 Å². The first kappa shape index (κ1) is 31.2. The number of aromatic nitrogens is 3. The van der Waals surface area contributed by atoms with E-state index in [1.807, 2.05) is 30.6 Å². The molecule has 0 aliphatic heterocycles. The minimum atomic E-state index is 0.914. The standard InChI is InChI=1S/C52H33N3/c1-3-12-35(13-4-1)51-47-31-46-40(30-50(47)55(52(51)36-14-5-2-6-15-36)44-24-21-34-11-7-8-16-37(34)29-44)20-19-39-27-38(22-25-45(39)46)42-23-26-49(53-32-42)43-28-41-17-9-10-18-48(41)54-33-43/h1-33H. The van der Waals surface area contributed by atoms with Gasteiger partial charge in [-0.1, -0.05) is 140 Å². The Morgan fingerprint density at radius 3 is 1.80 bits per heavy atom. The van der Waals surface area contributed by atoms with E-state index in [1.165, 1.54) is 65.6 Å². The van der Waals surface area contributed by atoms with E-state index in [2.05, 4.69) is 179 Å². The smallest absolute Gasteiger partial charge is 0.0718 e. The molecule has 0 amide bonds. The number of fused-ring (bicyclic) bond motifs is 6. The molecule has 0 saturated carbocycles. The summed E-state index contributed by atoms with van der Waals surface area (Å²) in [5.74, 6) is 0. The van der Waals surface area contributed by atoms with Crippen LogP contribution in [0.4, 0.5) is 0 Å². The summed E-state index contributed by atoms with van der Waals surface area (Å²) < 4.78 is 2.47. The Kier molecular flexibility index (Phi) is 7.17. The fourth-order valence-corrected chi connectivity index (χ4v) is 8.32. The number of benzene rings is 8. The van der Waals surface area contributed by atoms with E-state index >= 15 is 0 Å². The summed E-state index contributed by atoms with van der Waals surface area (Å²) >= 11 is 0. The molecule has 0 aliphatic rings. The third kappa shape index (κ3) is 5.28. The van der Waals surface area contributed by atoms with Gasteiger partial charge in [-0.2, -0.15) is 0 Å². The molecule has 0 spiro atoms. The zero-order valence-corrected chi connectivity index (χ0v) is 29.9. The number of rotatable bonds is 5. The number of hydrogen-bond acceptors (Lipinski definition) is 2. The second-order valence-corrected chi connectivity index (χ2v) is 14.3. The molecule has 0 radical (unpaired) electrons. The van der Waals surface area contributed by atoms with E-state index in [4.69, 9.17) is 4.98 Å². The molecule has 55 heavy (non-hydrogen) atoms. The molecule has 11 aromatic rings. The maximum absolute atomic E-state index is 4.87.